The van der Waals surface area contributed by atoms with Crippen molar-refractivity contribution in [2.45, 2.75) is 19.3 Å². The third kappa shape index (κ3) is 3.85. The maximum Gasteiger partial charge on any atom is 0.476 e. The van der Waals surface area contributed by atoms with Crippen molar-refractivity contribution in [3.8, 4) is 0 Å². The number of rotatable bonds is 3. The van der Waals surface area contributed by atoms with E-state index in [1.165, 1.54) is 6.42 Å². The SMILES string of the molecule is Nc1cc(N2CCCCC2)cc(N)[n+]1OS(=O)(=O)O.[OH-]. The molecular formula is C10H18N4O5S. The van der Waals surface area contributed by atoms with Crippen LogP contribution in [-0.4, -0.2) is 31.5 Å². The summed E-state index contributed by atoms with van der Waals surface area (Å²) in [5.74, 6) is -0.00334. The molecule has 0 amide bonds. The first kappa shape index (κ1) is 16.3. The van der Waals surface area contributed by atoms with Crippen molar-refractivity contribution < 1.29 is 27.5 Å². The standard InChI is InChI=1S/C10H16N4O4S.H2O/c11-9-6-8(13-4-2-1-3-5-13)7-10(12)14(9)18-19(15,16)17;/h6-7H,1-5H2,(H4,11,12,15,16,17);1H2. The lowest BCUT2D eigenvalue weighted by atomic mass is 10.1. The van der Waals surface area contributed by atoms with Crippen LogP contribution in [0.4, 0.5) is 17.3 Å². The number of pyridine rings is 1. The van der Waals surface area contributed by atoms with Gasteiger partial charge in [-0.05, 0) is 24.0 Å². The fraction of sp³-hybridized carbons (Fsp3) is 0.500. The molecule has 1 aliphatic rings. The summed E-state index contributed by atoms with van der Waals surface area (Å²) < 4.78 is 35.0. The topological polar surface area (TPSA) is 153 Å². The molecule has 0 aliphatic carbocycles. The van der Waals surface area contributed by atoms with Crippen molar-refractivity contribution in [3.05, 3.63) is 12.1 Å². The summed E-state index contributed by atoms with van der Waals surface area (Å²) in [4.78, 5) is 2.12. The van der Waals surface area contributed by atoms with Crippen LogP contribution in [0.25, 0.3) is 0 Å². The third-order valence-corrected chi connectivity index (χ3v) is 3.29. The first-order valence-electron chi connectivity index (χ1n) is 5.90. The molecular weight excluding hydrogens is 288 g/mol. The maximum absolute atomic E-state index is 10.7. The molecule has 1 aliphatic heterocycles. The molecule has 9 nitrogen and oxygen atoms in total. The van der Waals surface area contributed by atoms with E-state index in [1.54, 1.807) is 12.1 Å². The van der Waals surface area contributed by atoms with Gasteiger partial charge in [0, 0.05) is 25.2 Å². The zero-order chi connectivity index (χ0) is 14.0. The van der Waals surface area contributed by atoms with Gasteiger partial charge in [0.25, 0.3) is 11.6 Å². The Morgan fingerprint density at radius 3 is 2.10 bits per heavy atom. The summed E-state index contributed by atoms with van der Waals surface area (Å²) in [6, 6.07) is 3.12. The van der Waals surface area contributed by atoms with E-state index >= 15 is 0 Å². The van der Waals surface area contributed by atoms with Crippen molar-refractivity contribution in [2.75, 3.05) is 29.5 Å². The van der Waals surface area contributed by atoms with Crippen LogP contribution in [0.3, 0.4) is 0 Å². The van der Waals surface area contributed by atoms with Crippen LogP contribution in [0.15, 0.2) is 12.1 Å². The number of nitrogens with zero attached hydrogens (tertiary/aromatic N) is 2. The number of anilines is 3. The van der Waals surface area contributed by atoms with Gasteiger partial charge in [-0.15, -0.1) is 0 Å². The second-order valence-corrected chi connectivity index (χ2v) is 5.41. The van der Waals surface area contributed by atoms with Crippen molar-refractivity contribution in [2.24, 2.45) is 0 Å². The summed E-state index contributed by atoms with van der Waals surface area (Å²) >= 11 is 0. The zero-order valence-electron chi connectivity index (χ0n) is 10.8. The Hall–Kier alpha value is -1.78. The van der Waals surface area contributed by atoms with Crippen LogP contribution in [0, 0.1) is 0 Å². The molecule has 114 valence electrons. The van der Waals surface area contributed by atoms with E-state index in [4.69, 9.17) is 16.0 Å². The molecule has 1 aromatic heterocycles. The second kappa shape index (κ2) is 6.11. The highest BCUT2D eigenvalue weighted by Gasteiger charge is 2.21. The van der Waals surface area contributed by atoms with Gasteiger partial charge in [-0.3, -0.25) is 4.55 Å². The Morgan fingerprint density at radius 1 is 1.15 bits per heavy atom. The molecule has 0 saturated carbocycles. The Morgan fingerprint density at radius 2 is 1.65 bits per heavy atom. The molecule has 6 N–H and O–H groups in total. The Labute approximate surface area is 117 Å². The largest absolute Gasteiger partial charge is 0.870 e. The molecule has 10 heteroatoms. The zero-order valence-corrected chi connectivity index (χ0v) is 11.6. The van der Waals surface area contributed by atoms with E-state index in [-0.39, 0.29) is 17.1 Å². The number of hydrogen-bond acceptors (Lipinski definition) is 7. The minimum absolute atomic E-state index is 0. The van der Waals surface area contributed by atoms with Gasteiger partial charge in [0.1, 0.15) is 0 Å². The maximum atomic E-state index is 10.7. The van der Waals surface area contributed by atoms with E-state index in [9.17, 15) is 8.42 Å². The highest BCUT2D eigenvalue weighted by Crippen LogP contribution is 2.22. The monoisotopic (exact) mass is 306 g/mol. The van der Waals surface area contributed by atoms with E-state index in [0.29, 0.717) is 4.73 Å². The Kier molecular flexibility index (Phi) is 4.98. The van der Waals surface area contributed by atoms with Gasteiger partial charge in [0.15, 0.2) is 0 Å². The minimum Gasteiger partial charge on any atom is -0.870 e. The van der Waals surface area contributed by atoms with Crippen molar-refractivity contribution in [1.29, 1.82) is 0 Å². The lowest BCUT2D eigenvalue weighted by Crippen LogP contribution is -2.50. The van der Waals surface area contributed by atoms with Crippen molar-refractivity contribution in [3.63, 3.8) is 0 Å². The van der Waals surface area contributed by atoms with E-state index in [2.05, 4.69) is 9.18 Å². The number of nitrogen functional groups attached to an aromatic ring is 2. The minimum atomic E-state index is -4.67. The first-order chi connectivity index (χ1) is 8.87. The molecule has 1 aromatic rings. The quantitative estimate of drug-likeness (QED) is 0.483. The van der Waals surface area contributed by atoms with Crippen LogP contribution in [0.5, 0.6) is 0 Å². The average molecular weight is 306 g/mol. The molecule has 0 radical (unpaired) electrons. The number of aromatic nitrogens is 1. The van der Waals surface area contributed by atoms with Gasteiger partial charge in [-0.25, -0.2) is 4.28 Å². The van der Waals surface area contributed by atoms with Crippen molar-refractivity contribution >= 4 is 27.7 Å². The average Bonchev–Trinajstić information content (AvgIpc) is 2.33. The number of piperidine rings is 1. The number of hydrogen-bond donors (Lipinski definition) is 3. The molecule has 20 heavy (non-hydrogen) atoms. The first-order valence-corrected chi connectivity index (χ1v) is 7.27. The molecule has 2 heterocycles. The normalized spacial score (nSPS) is 15.6. The lowest BCUT2D eigenvalue weighted by molar-refractivity contribution is -0.833. The van der Waals surface area contributed by atoms with Crippen LogP contribution < -0.4 is 25.4 Å². The van der Waals surface area contributed by atoms with E-state index < -0.39 is 10.4 Å². The van der Waals surface area contributed by atoms with E-state index in [1.807, 2.05) is 0 Å². The smallest absolute Gasteiger partial charge is 0.476 e. The van der Waals surface area contributed by atoms with Crippen molar-refractivity contribution in [1.82, 2.24) is 0 Å². The molecule has 2 rings (SSSR count). The highest BCUT2D eigenvalue weighted by atomic mass is 32.3. The van der Waals surface area contributed by atoms with Gasteiger partial charge in [0.2, 0.25) is 0 Å². The second-order valence-electron chi connectivity index (χ2n) is 4.41. The highest BCUT2D eigenvalue weighted by molar-refractivity contribution is 7.80. The molecule has 1 saturated heterocycles. The summed E-state index contributed by atoms with van der Waals surface area (Å²) in [6.45, 7) is 1.81. The van der Waals surface area contributed by atoms with Crippen LogP contribution >= 0.6 is 0 Å². The fourth-order valence-corrected chi connectivity index (χ4v) is 2.49. The predicted molar refractivity (Wildman–Crippen MR) is 71.6 cm³/mol. The van der Waals surface area contributed by atoms with Gasteiger partial charge in [-0.2, -0.15) is 8.42 Å². The summed E-state index contributed by atoms with van der Waals surface area (Å²) in [5, 5.41) is 0. The molecule has 0 spiro atoms. The molecule has 1 fully saturated rings. The van der Waals surface area contributed by atoms with Gasteiger partial charge in [0.05, 0.1) is 5.69 Å². The van der Waals surface area contributed by atoms with E-state index in [0.717, 1.165) is 31.6 Å². The fourth-order valence-electron chi connectivity index (χ4n) is 2.13. The van der Waals surface area contributed by atoms with Gasteiger partial charge < -0.3 is 21.8 Å². The summed E-state index contributed by atoms with van der Waals surface area (Å²) in [5.41, 5.74) is 12.2. The van der Waals surface area contributed by atoms with Crippen LogP contribution in [0.2, 0.25) is 0 Å². The summed E-state index contributed by atoms with van der Waals surface area (Å²) in [7, 11) is -4.67. The predicted octanol–water partition coefficient (Wildman–Crippen LogP) is -0.817. The van der Waals surface area contributed by atoms with Crippen LogP contribution in [-0.2, 0) is 10.4 Å². The Bertz CT molecular complexity index is 548. The lowest BCUT2D eigenvalue weighted by Gasteiger charge is -2.28. The molecule has 0 atom stereocenters. The summed E-state index contributed by atoms with van der Waals surface area (Å²) in [6.07, 6.45) is 3.38. The molecule has 0 unspecified atom stereocenters. The van der Waals surface area contributed by atoms with Gasteiger partial charge >= 0.3 is 10.4 Å². The molecule has 0 bridgehead atoms. The third-order valence-electron chi connectivity index (χ3n) is 2.95. The number of nitrogens with two attached hydrogens (primary N) is 2. The Balaban J connectivity index is 0.00000200. The van der Waals surface area contributed by atoms with Crippen LogP contribution in [0.1, 0.15) is 19.3 Å². The van der Waals surface area contributed by atoms with Gasteiger partial charge in [-0.1, -0.05) is 0 Å². The molecule has 0 aromatic carbocycles.